The van der Waals surface area contributed by atoms with Gasteiger partial charge in [-0.15, -0.1) is 0 Å². The van der Waals surface area contributed by atoms with Gasteiger partial charge in [-0.2, -0.15) is 0 Å². The second-order valence-corrected chi connectivity index (χ2v) is 9.03. The van der Waals surface area contributed by atoms with Gasteiger partial charge in [-0.05, 0) is 44.2 Å². The highest BCUT2D eigenvalue weighted by Crippen LogP contribution is 2.21. The molecule has 2 heterocycles. The maximum Gasteiger partial charge on any atom is 0.211 e. The Balaban J connectivity index is 1.90. The van der Waals surface area contributed by atoms with E-state index in [1.54, 1.807) is 4.31 Å². The van der Waals surface area contributed by atoms with Crippen LogP contribution >= 0.6 is 0 Å². The molecule has 0 bridgehead atoms. The van der Waals surface area contributed by atoms with E-state index in [0.29, 0.717) is 31.0 Å². The van der Waals surface area contributed by atoms with Crippen molar-refractivity contribution in [3.63, 3.8) is 0 Å². The molecule has 2 saturated heterocycles. The fraction of sp³-hybridized carbons (Fsp3) is 1.00. The molecular formula is C15H31N3O2S. The van der Waals surface area contributed by atoms with Gasteiger partial charge in [0.2, 0.25) is 10.0 Å². The molecule has 2 aliphatic heterocycles. The molecule has 0 amide bonds. The minimum Gasteiger partial charge on any atom is -0.312 e. The van der Waals surface area contributed by atoms with Gasteiger partial charge in [0, 0.05) is 32.2 Å². The summed E-state index contributed by atoms with van der Waals surface area (Å²) in [5, 5.41) is 3.63. The third-order valence-corrected chi connectivity index (χ3v) is 6.05. The van der Waals surface area contributed by atoms with Crippen molar-refractivity contribution in [2.75, 3.05) is 45.5 Å². The molecule has 2 atom stereocenters. The minimum absolute atomic E-state index is 0.486. The van der Waals surface area contributed by atoms with Gasteiger partial charge in [-0.3, -0.25) is 0 Å². The number of rotatable bonds is 4. The fourth-order valence-electron chi connectivity index (χ4n) is 3.48. The van der Waals surface area contributed by atoms with E-state index in [2.05, 4.69) is 24.1 Å². The second kappa shape index (κ2) is 7.40. The van der Waals surface area contributed by atoms with Crippen molar-refractivity contribution >= 4 is 10.0 Å². The lowest BCUT2D eigenvalue weighted by molar-refractivity contribution is 0.169. The van der Waals surface area contributed by atoms with E-state index in [4.69, 9.17) is 0 Å². The standard InChI is InChI=1S/C15H31N3O2S/c1-13(2)15-12-17(8-5-7-16-15)10-14-6-4-9-18(11-14)21(3,19)20/h13-16H,4-12H2,1-3H3. The molecule has 2 unspecified atom stereocenters. The molecule has 5 nitrogen and oxygen atoms in total. The van der Waals surface area contributed by atoms with Gasteiger partial charge < -0.3 is 10.2 Å². The summed E-state index contributed by atoms with van der Waals surface area (Å²) >= 11 is 0. The summed E-state index contributed by atoms with van der Waals surface area (Å²) in [7, 11) is -3.03. The smallest absolute Gasteiger partial charge is 0.211 e. The Kier molecular flexibility index (Phi) is 6.05. The topological polar surface area (TPSA) is 52.7 Å². The first kappa shape index (κ1) is 17.2. The Labute approximate surface area is 130 Å². The number of nitrogens with zero attached hydrogens (tertiary/aromatic N) is 2. The van der Waals surface area contributed by atoms with Crippen LogP contribution in [0.1, 0.15) is 33.1 Å². The lowest BCUT2D eigenvalue weighted by Crippen LogP contribution is -2.46. The highest BCUT2D eigenvalue weighted by atomic mass is 32.2. The minimum atomic E-state index is -3.03. The van der Waals surface area contributed by atoms with Crippen LogP contribution in [-0.2, 0) is 10.0 Å². The van der Waals surface area contributed by atoms with Crippen LogP contribution in [0.3, 0.4) is 0 Å². The molecule has 1 N–H and O–H groups in total. The van der Waals surface area contributed by atoms with E-state index in [-0.39, 0.29) is 0 Å². The summed E-state index contributed by atoms with van der Waals surface area (Å²) in [5.41, 5.74) is 0. The Morgan fingerprint density at radius 2 is 1.95 bits per heavy atom. The van der Waals surface area contributed by atoms with Crippen LogP contribution < -0.4 is 5.32 Å². The Bertz CT molecular complexity index is 425. The van der Waals surface area contributed by atoms with Crippen molar-refractivity contribution in [2.24, 2.45) is 11.8 Å². The summed E-state index contributed by atoms with van der Waals surface area (Å²) < 4.78 is 25.1. The molecule has 21 heavy (non-hydrogen) atoms. The van der Waals surface area contributed by atoms with E-state index in [9.17, 15) is 8.42 Å². The highest BCUT2D eigenvalue weighted by molar-refractivity contribution is 7.88. The highest BCUT2D eigenvalue weighted by Gasteiger charge is 2.28. The summed E-state index contributed by atoms with van der Waals surface area (Å²) in [6.07, 6.45) is 4.67. The number of nitrogens with one attached hydrogen (secondary N) is 1. The van der Waals surface area contributed by atoms with E-state index < -0.39 is 10.0 Å². The van der Waals surface area contributed by atoms with Gasteiger partial charge in [-0.25, -0.2) is 12.7 Å². The van der Waals surface area contributed by atoms with Crippen LogP contribution in [0.4, 0.5) is 0 Å². The monoisotopic (exact) mass is 317 g/mol. The first-order valence-electron chi connectivity index (χ1n) is 8.27. The molecule has 0 aromatic carbocycles. The van der Waals surface area contributed by atoms with Crippen LogP contribution in [-0.4, -0.2) is 69.2 Å². The van der Waals surface area contributed by atoms with Crippen molar-refractivity contribution < 1.29 is 8.42 Å². The quantitative estimate of drug-likeness (QED) is 0.840. The molecule has 0 aliphatic carbocycles. The Morgan fingerprint density at radius 1 is 1.19 bits per heavy atom. The third kappa shape index (κ3) is 5.20. The maximum absolute atomic E-state index is 11.7. The molecule has 6 heteroatoms. The average molecular weight is 317 g/mol. The van der Waals surface area contributed by atoms with Gasteiger partial charge in [0.15, 0.2) is 0 Å². The van der Waals surface area contributed by atoms with E-state index >= 15 is 0 Å². The van der Waals surface area contributed by atoms with Crippen molar-refractivity contribution in [2.45, 2.75) is 39.2 Å². The second-order valence-electron chi connectivity index (χ2n) is 7.05. The van der Waals surface area contributed by atoms with Crippen molar-refractivity contribution in [1.82, 2.24) is 14.5 Å². The molecule has 124 valence electrons. The van der Waals surface area contributed by atoms with Gasteiger partial charge >= 0.3 is 0 Å². The molecule has 2 rings (SSSR count). The largest absolute Gasteiger partial charge is 0.312 e. The third-order valence-electron chi connectivity index (χ3n) is 4.78. The van der Waals surface area contributed by atoms with E-state index in [0.717, 1.165) is 39.0 Å². The van der Waals surface area contributed by atoms with Crippen molar-refractivity contribution in [1.29, 1.82) is 0 Å². The summed E-state index contributed by atoms with van der Waals surface area (Å²) in [6.45, 7) is 10.3. The van der Waals surface area contributed by atoms with E-state index in [1.165, 1.54) is 12.7 Å². The van der Waals surface area contributed by atoms with Crippen LogP contribution in [0.15, 0.2) is 0 Å². The van der Waals surface area contributed by atoms with Crippen LogP contribution in [0.25, 0.3) is 0 Å². The van der Waals surface area contributed by atoms with Gasteiger partial charge in [0.25, 0.3) is 0 Å². The van der Waals surface area contributed by atoms with Crippen LogP contribution in [0.5, 0.6) is 0 Å². The van der Waals surface area contributed by atoms with Crippen molar-refractivity contribution in [3.8, 4) is 0 Å². The Hall–Kier alpha value is -0.170. The van der Waals surface area contributed by atoms with Crippen LogP contribution in [0.2, 0.25) is 0 Å². The van der Waals surface area contributed by atoms with Gasteiger partial charge in [0.1, 0.15) is 0 Å². The molecule has 0 aromatic rings. The number of hydrogen-bond acceptors (Lipinski definition) is 4. The normalized spacial score (nSPS) is 30.5. The fourth-order valence-corrected chi connectivity index (χ4v) is 4.42. The number of piperidine rings is 1. The average Bonchev–Trinajstić information content (AvgIpc) is 2.64. The first-order chi connectivity index (χ1) is 9.86. The van der Waals surface area contributed by atoms with Gasteiger partial charge in [0.05, 0.1) is 6.26 Å². The summed E-state index contributed by atoms with van der Waals surface area (Å²) in [4.78, 5) is 2.54. The van der Waals surface area contributed by atoms with Crippen LogP contribution in [0, 0.1) is 11.8 Å². The molecular weight excluding hydrogens is 286 g/mol. The number of sulfonamides is 1. The molecule has 2 fully saturated rings. The predicted molar refractivity (Wildman–Crippen MR) is 86.8 cm³/mol. The zero-order valence-corrected chi connectivity index (χ0v) is 14.5. The SMILES string of the molecule is CC(C)C1CN(CC2CCCN(S(C)(=O)=O)C2)CCCN1. The first-order valence-corrected chi connectivity index (χ1v) is 10.1. The lowest BCUT2D eigenvalue weighted by atomic mass is 9.98. The van der Waals surface area contributed by atoms with Gasteiger partial charge in [-0.1, -0.05) is 13.8 Å². The zero-order valence-electron chi connectivity index (χ0n) is 13.7. The summed E-state index contributed by atoms with van der Waals surface area (Å²) in [5.74, 6) is 1.13. The molecule has 0 spiro atoms. The summed E-state index contributed by atoms with van der Waals surface area (Å²) in [6, 6.07) is 0.558. The van der Waals surface area contributed by atoms with E-state index in [1.807, 2.05) is 0 Å². The maximum atomic E-state index is 11.7. The molecule has 0 saturated carbocycles. The molecule has 0 aromatic heterocycles. The lowest BCUT2D eigenvalue weighted by Gasteiger charge is -2.35. The Morgan fingerprint density at radius 3 is 2.62 bits per heavy atom. The number of hydrogen-bond donors (Lipinski definition) is 1. The predicted octanol–water partition coefficient (Wildman–Crippen LogP) is 0.978. The molecule has 2 aliphatic rings. The zero-order chi connectivity index (χ0) is 15.5. The molecule has 0 radical (unpaired) electrons. The van der Waals surface area contributed by atoms with Crippen molar-refractivity contribution in [3.05, 3.63) is 0 Å².